The third-order valence-corrected chi connectivity index (χ3v) is 5.17. The topological polar surface area (TPSA) is 30.5 Å². The van der Waals surface area contributed by atoms with Crippen molar-refractivity contribution in [2.75, 3.05) is 26.4 Å². The van der Waals surface area contributed by atoms with Gasteiger partial charge in [-0.2, -0.15) is 0 Å². The molecular formula is C17H24BrNO2. The third kappa shape index (κ3) is 3.86. The highest BCUT2D eigenvalue weighted by atomic mass is 79.9. The van der Waals surface area contributed by atoms with Gasteiger partial charge in [0, 0.05) is 23.2 Å². The molecule has 0 radical (unpaired) electrons. The standard InChI is InChI=1S/C17H24BrNO2/c18-15-6-4-14(5-7-15)17(8-2-9-17)19-10-12-20-13-16-3-1-11-21-16/h4-7,16,19H,1-3,8-13H2. The molecule has 0 amide bonds. The Morgan fingerprint density at radius 3 is 2.67 bits per heavy atom. The monoisotopic (exact) mass is 353 g/mol. The summed E-state index contributed by atoms with van der Waals surface area (Å²) in [6.45, 7) is 3.31. The van der Waals surface area contributed by atoms with Crippen LogP contribution in [0, 0.1) is 0 Å². The van der Waals surface area contributed by atoms with Crippen LogP contribution in [0.4, 0.5) is 0 Å². The Labute approximate surface area is 135 Å². The van der Waals surface area contributed by atoms with Crippen molar-refractivity contribution in [3.8, 4) is 0 Å². The van der Waals surface area contributed by atoms with Crippen molar-refractivity contribution in [3.63, 3.8) is 0 Å². The zero-order valence-electron chi connectivity index (χ0n) is 12.4. The van der Waals surface area contributed by atoms with E-state index in [9.17, 15) is 0 Å². The van der Waals surface area contributed by atoms with Gasteiger partial charge in [0.2, 0.25) is 0 Å². The predicted octanol–water partition coefficient (Wildman–Crippen LogP) is 3.61. The lowest BCUT2D eigenvalue weighted by Gasteiger charge is -2.43. The molecule has 1 unspecified atom stereocenters. The minimum absolute atomic E-state index is 0.175. The van der Waals surface area contributed by atoms with Crippen molar-refractivity contribution in [2.24, 2.45) is 0 Å². The highest BCUT2D eigenvalue weighted by molar-refractivity contribution is 9.10. The Hall–Kier alpha value is -0.420. The first-order chi connectivity index (χ1) is 10.3. The van der Waals surface area contributed by atoms with Crippen molar-refractivity contribution in [1.29, 1.82) is 0 Å². The summed E-state index contributed by atoms with van der Waals surface area (Å²) in [7, 11) is 0. The Balaban J connectivity index is 1.43. The van der Waals surface area contributed by atoms with E-state index in [1.54, 1.807) is 0 Å². The number of benzene rings is 1. The van der Waals surface area contributed by atoms with Gasteiger partial charge in [0.15, 0.2) is 0 Å². The molecule has 1 atom stereocenters. The van der Waals surface area contributed by atoms with Gasteiger partial charge in [0.1, 0.15) is 0 Å². The second-order valence-electron chi connectivity index (χ2n) is 6.08. The first-order valence-corrected chi connectivity index (χ1v) is 8.78. The van der Waals surface area contributed by atoms with Crippen molar-refractivity contribution in [1.82, 2.24) is 5.32 Å². The van der Waals surface area contributed by atoms with Gasteiger partial charge < -0.3 is 14.8 Å². The predicted molar refractivity (Wildman–Crippen MR) is 87.5 cm³/mol. The van der Waals surface area contributed by atoms with E-state index in [1.165, 1.54) is 31.2 Å². The number of nitrogens with one attached hydrogen (secondary N) is 1. The second kappa shape index (κ2) is 7.23. The van der Waals surface area contributed by atoms with Crippen LogP contribution in [0.2, 0.25) is 0 Å². The minimum Gasteiger partial charge on any atom is -0.377 e. The van der Waals surface area contributed by atoms with Crippen LogP contribution in [0.3, 0.4) is 0 Å². The molecule has 0 aromatic heterocycles. The summed E-state index contributed by atoms with van der Waals surface area (Å²) in [6.07, 6.45) is 6.41. The summed E-state index contributed by atoms with van der Waals surface area (Å²) in [6, 6.07) is 8.71. The zero-order chi connectivity index (χ0) is 14.5. The number of ether oxygens (including phenoxy) is 2. The molecule has 2 aliphatic rings. The van der Waals surface area contributed by atoms with Crippen LogP contribution >= 0.6 is 15.9 Å². The van der Waals surface area contributed by atoms with Gasteiger partial charge in [0.25, 0.3) is 0 Å². The zero-order valence-corrected chi connectivity index (χ0v) is 14.0. The Morgan fingerprint density at radius 2 is 2.05 bits per heavy atom. The van der Waals surface area contributed by atoms with Crippen LogP contribution in [0.1, 0.15) is 37.7 Å². The molecule has 116 valence electrons. The van der Waals surface area contributed by atoms with E-state index in [-0.39, 0.29) is 5.54 Å². The van der Waals surface area contributed by atoms with E-state index in [0.29, 0.717) is 6.10 Å². The number of hydrogen-bond acceptors (Lipinski definition) is 3. The minimum atomic E-state index is 0.175. The van der Waals surface area contributed by atoms with Crippen molar-refractivity contribution in [2.45, 2.75) is 43.7 Å². The molecule has 1 aromatic rings. The molecule has 1 saturated heterocycles. The van der Waals surface area contributed by atoms with Gasteiger partial charge in [-0.25, -0.2) is 0 Å². The molecule has 0 bridgehead atoms. The van der Waals surface area contributed by atoms with Gasteiger partial charge in [0.05, 0.1) is 19.3 Å². The van der Waals surface area contributed by atoms with Crippen LogP contribution in [0.25, 0.3) is 0 Å². The van der Waals surface area contributed by atoms with Crippen molar-refractivity contribution >= 4 is 15.9 Å². The number of halogens is 1. The maximum absolute atomic E-state index is 5.74. The lowest BCUT2D eigenvalue weighted by molar-refractivity contribution is 0.0149. The van der Waals surface area contributed by atoms with Crippen LogP contribution in [-0.2, 0) is 15.0 Å². The van der Waals surface area contributed by atoms with Crippen LogP contribution < -0.4 is 5.32 Å². The first-order valence-electron chi connectivity index (χ1n) is 7.99. The van der Waals surface area contributed by atoms with E-state index in [0.717, 1.165) is 37.3 Å². The van der Waals surface area contributed by atoms with E-state index in [4.69, 9.17) is 9.47 Å². The summed E-state index contributed by atoms with van der Waals surface area (Å²) in [5.41, 5.74) is 1.57. The average Bonchev–Trinajstić information content (AvgIpc) is 2.95. The highest BCUT2D eigenvalue weighted by Gasteiger charge is 2.37. The molecule has 4 heteroatoms. The fraction of sp³-hybridized carbons (Fsp3) is 0.647. The molecular weight excluding hydrogens is 330 g/mol. The summed E-state index contributed by atoms with van der Waals surface area (Å²) in [5, 5.41) is 3.71. The van der Waals surface area contributed by atoms with Gasteiger partial charge in [-0.1, -0.05) is 28.1 Å². The lowest BCUT2D eigenvalue weighted by Crippen LogP contribution is -2.49. The quantitative estimate of drug-likeness (QED) is 0.759. The molecule has 1 N–H and O–H groups in total. The van der Waals surface area contributed by atoms with Crippen LogP contribution in [0.15, 0.2) is 28.7 Å². The fourth-order valence-electron chi connectivity index (χ4n) is 3.22. The smallest absolute Gasteiger partial charge is 0.0809 e. The normalized spacial score (nSPS) is 24.0. The molecule has 3 rings (SSSR count). The molecule has 21 heavy (non-hydrogen) atoms. The van der Waals surface area contributed by atoms with Gasteiger partial charge in [-0.05, 0) is 49.8 Å². The van der Waals surface area contributed by atoms with E-state index in [2.05, 4.69) is 45.5 Å². The number of hydrogen-bond donors (Lipinski definition) is 1. The molecule has 0 spiro atoms. The largest absolute Gasteiger partial charge is 0.377 e. The first kappa shape index (κ1) is 15.5. The summed E-state index contributed by atoms with van der Waals surface area (Å²) >= 11 is 3.51. The molecule has 1 saturated carbocycles. The Morgan fingerprint density at radius 1 is 1.24 bits per heavy atom. The Kier molecular flexibility index (Phi) is 5.33. The summed E-state index contributed by atoms with van der Waals surface area (Å²) in [5.74, 6) is 0. The van der Waals surface area contributed by atoms with E-state index in [1.807, 2.05) is 0 Å². The van der Waals surface area contributed by atoms with Crippen molar-refractivity contribution < 1.29 is 9.47 Å². The summed E-state index contributed by atoms with van der Waals surface area (Å²) in [4.78, 5) is 0. The van der Waals surface area contributed by atoms with E-state index < -0.39 is 0 Å². The summed E-state index contributed by atoms with van der Waals surface area (Å²) < 4.78 is 12.4. The SMILES string of the molecule is Brc1ccc(C2(NCCOCC3CCCO3)CCC2)cc1. The van der Waals surface area contributed by atoms with Crippen LogP contribution in [0.5, 0.6) is 0 Å². The van der Waals surface area contributed by atoms with Crippen molar-refractivity contribution in [3.05, 3.63) is 34.3 Å². The highest BCUT2D eigenvalue weighted by Crippen LogP contribution is 2.41. The molecule has 3 nitrogen and oxygen atoms in total. The fourth-order valence-corrected chi connectivity index (χ4v) is 3.48. The van der Waals surface area contributed by atoms with Gasteiger partial charge in [-0.15, -0.1) is 0 Å². The molecule has 1 aromatic carbocycles. The van der Waals surface area contributed by atoms with E-state index >= 15 is 0 Å². The molecule has 1 aliphatic carbocycles. The Bertz CT molecular complexity index is 439. The second-order valence-corrected chi connectivity index (χ2v) is 6.99. The maximum Gasteiger partial charge on any atom is 0.0809 e. The lowest BCUT2D eigenvalue weighted by atomic mass is 9.72. The molecule has 1 aliphatic heterocycles. The third-order valence-electron chi connectivity index (χ3n) is 4.64. The molecule has 1 heterocycles. The van der Waals surface area contributed by atoms with Crippen LogP contribution in [-0.4, -0.2) is 32.5 Å². The average molecular weight is 354 g/mol. The van der Waals surface area contributed by atoms with Gasteiger partial charge >= 0.3 is 0 Å². The maximum atomic E-state index is 5.74. The number of rotatable bonds is 7. The molecule has 2 fully saturated rings. The van der Waals surface area contributed by atoms with Gasteiger partial charge in [-0.3, -0.25) is 0 Å².